The maximum atomic E-state index is 9.58. The lowest BCUT2D eigenvalue weighted by atomic mass is 10.1. The molecule has 6 heteroatoms. The van der Waals surface area contributed by atoms with Gasteiger partial charge in [-0.15, -0.1) is 0 Å². The second-order valence-corrected chi connectivity index (χ2v) is 5.88. The monoisotopic (exact) mass is 367 g/mol. The molecule has 1 aromatic heterocycles. The molecular formula is C20H18ClN3O2. The van der Waals surface area contributed by atoms with Gasteiger partial charge >= 0.3 is 0 Å². The smallest absolute Gasteiger partial charge is 0.179 e. The van der Waals surface area contributed by atoms with E-state index in [0.29, 0.717) is 41.1 Å². The Bertz CT molecular complexity index is 969. The van der Waals surface area contributed by atoms with Gasteiger partial charge in [0.05, 0.1) is 34.8 Å². The van der Waals surface area contributed by atoms with E-state index >= 15 is 0 Å². The van der Waals surface area contributed by atoms with Gasteiger partial charge in [0.1, 0.15) is 11.9 Å². The number of hydrogen-bond donors (Lipinski definition) is 1. The van der Waals surface area contributed by atoms with Crippen molar-refractivity contribution in [2.75, 3.05) is 13.2 Å². The number of fused-ring (bicyclic) bond motifs is 1. The Morgan fingerprint density at radius 1 is 1.23 bits per heavy atom. The Kier molecular flexibility index (Phi) is 5.45. The molecular weight excluding hydrogens is 350 g/mol. The minimum absolute atomic E-state index is 0.406. The zero-order valence-corrected chi connectivity index (χ0v) is 15.3. The number of benzene rings is 2. The standard InChI is InChI=1S/C20H18ClN3O2/c1-3-25-18-11-13(10-15(21)19(18)26-4-2)9-14(12-22)20-23-16-7-5-6-8-17(16)24-20/h5-11H,3-4H2,1-2H3,(H,23,24). The molecule has 26 heavy (non-hydrogen) atoms. The van der Waals surface area contributed by atoms with Crippen molar-refractivity contribution < 1.29 is 9.47 Å². The number of para-hydroxylation sites is 2. The number of ether oxygens (including phenoxy) is 2. The van der Waals surface area contributed by atoms with Gasteiger partial charge in [0.25, 0.3) is 0 Å². The normalized spacial score (nSPS) is 11.4. The Balaban J connectivity index is 2.05. The molecule has 0 aliphatic heterocycles. The number of H-pyrrole nitrogens is 1. The lowest BCUT2D eigenvalue weighted by Crippen LogP contribution is -1.99. The lowest BCUT2D eigenvalue weighted by molar-refractivity contribution is 0.288. The van der Waals surface area contributed by atoms with Crippen LogP contribution in [0.25, 0.3) is 22.7 Å². The Labute approximate surface area is 156 Å². The molecule has 1 heterocycles. The van der Waals surface area contributed by atoms with Crippen LogP contribution in [0, 0.1) is 11.3 Å². The van der Waals surface area contributed by atoms with Gasteiger partial charge in [-0.1, -0.05) is 23.7 Å². The molecule has 3 aromatic rings. The van der Waals surface area contributed by atoms with Gasteiger partial charge in [0, 0.05) is 0 Å². The second kappa shape index (κ2) is 7.94. The van der Waals surface area contributed by atoms with Crippen molar-refractivity contribution in [1.82, 2.24) is 9.97 Å². The molecule has 0 aliphatic rings. The van der Waals surface area contributed by atoms with Crippen LogP contribution in [-0.4, -0.2) is 23.2 Å². The number of nitriles is 1. The first-order chi connectivity index (χ1) is 12.7. The van der Waals surface area contributed by atoms with Crippen LogP contribution >= 0.6 is 11.6 Å². The van der Waals surface area contributed by atoms with E-state index < -0.39 is 0 Å². The number of hydrogen-bond acceptors (Lipinski definition) is 4. The highest BCUT2D eigenvalue weighted by Gasteiger charge is 2.13. The largest absolute Gasteiger partial charge is 0.490 e. The van der Waals surface area contributed by atoms with E-state index in [1.54, 1.807) is 18.2 Å². The van der Waals surface area contributed by atoms with Gasteiger partial charge in [-0.2, -0.15) is 5.26 Å². The Hall–Kier alpha value is -2.97. The van der Waals surface area contributed by atoms with Gasteiger partial charge in [-0.3, -0.25) is 0 Å². The Morgan fingerprint density at radius 3 is 2.69 bits per heavy atom. The van der Waals surface area contributed by atoms with Crippen molar-refractivity contribution >= 4 is 34.3 Å². The molecule has 5 nitrogen and oxygen atoms in total. The molecule has 0 amide bonds. The molecule has 132 valence electrons. The van der Waals surface area contributed by atoms with Crippen molar-refractivity contribution in [3.05, 3.63) is 52.8 Å². The number of allylic oxidation sites excluding steroid dienone is 1. The minimum Gasteiger partial charge on any atom is -0.490 e. The van der Waals surface area contributed by atoms with Gasteiger partial charge in [-0.05, 0) is 49.8 Å². The molecule has 0 atom stereocenters. The number of halogens is 1. The van der Waals surface area contributed by atoms with Gasteiger partial charge in [-0.25, -0.2) is 4.98 Å². The topological polar surface area (TPSA) is 70.9 Å². The van der Waals surface area contributed by atoms with Crippen LogP contribution in [0.4, 0.5) is 0 Å². The molecule has 0 spiro atoms. The summed E-state index contributed by atoms with van der Waals surface area (Å²) in [7, 11) is 0. The van der Waals surface area contributed by atoms with Crippen molar-refractivity contribution in [1.29, 1.82) is 5.26 Å². The highest BCUT2D eigenvalue weighted by Crippen LogP contribution is 2.37. The van der Waals surface area contributed by atoms with Crippen molar-refractivity contribution in [3.8, 4) is 17.6 Å². The summed E-state index contributed by atoms with van der Waals surface area (Å²) in [4.78, 5) is 7.64. The fourth-order valence-electron chi connectivity index (χ4n) is 2.62. The summed E-state index contributed by atoms with van der Waals surface area (Å²) in [6.45, 7) is 4.74. The first-order valence-corrected chi connectivity index (χ1v) is 8.70. The summed E-state index contributed by atoms with van der Waals surface area (Å²) in [6, 6.07) is 13.4. The number of imidazole rings is 1. The zero-order chi connectivity index (χ0) is 18.5. The van der Waals surface area contributed by atoms with E-state index in [2.05, 4.69) is 16.0 Å². The van der Waals surface area contributed by atoms with E-state index in [1.165, 1.54) is 0 Å². The van der Waals surface area contributed by atoms with E-state index in [0.717, 1.165) is 16.6 Å². The van der Waals surface area contributed by atoms with Crippen LogP contribution in [0.5, 0.6) is 11.5 Å². The van der Waals surface area contributed by atoms with Crippen molar-refractivity contribution in [2.24, 2.45) is 0 Å². The third kappa shape index (κ3) is 3.66. The van der Waals surface area contributed by atoms with Crippen LogP contribution in [0.15, 0.2) is 36.4 Å². The van der Waals surface area contributed by atoms with E-state index in [4.69, 9.17) is 21.1 Å². The first kappa shape index (κ1) is 17.8. The fraction of sp³-hybridized carbons (Fsp3) is 0.200. The molecule has 2 aromatic carbocycles. The van der Waals surface area contributed by atoms with Gasteiger partial charge in [0.15, 0.2) is 11.5 Å². The van der Waals surface area contributed by atoms with Crippen LogP contribution in [0.2, 0.25) is 5.02 Å². The average Bonchev–Trinajstić information content (AvgIpc) is 3.06. The summed E-state index contributed by atoms with van der Waals surface area (Å²) in [6.07, 6.45) is 1.72. The zero-order valence-electron chi connectivity index (χ0n) is 14.5. The number of nitrogens with one attached hydrogen (secondary N) is 1. The fourth-order valence-corrected chi connectivity index (χ4v) is 2.89. The number of rotatable bonds is 6. The Morgan fingerprint density at radius 2 is 2.00 bits per heavy atom. The summed E-state index contributed by atoms with van der Waals surface area (Å²) in [5, 5.41) is 10.0. The SMILES string of the molecule is CCOc1cc(C=C(C#N)c2nc3ccccc3[nH]2)cc(Cl)c1OCC. The third-order valence-corrected chi connectivity index (χ3v) is 3.98. The molecule has 0 saturated carbocycles. The summed E-state index contributed by atoms with van der Waals surface area (Å²) in [5.74, 6) is 1.57. The van der Waals surface area contributed by atoms with E-state index in [9.17, 15) is 5.26 Å². The van der Waals surface area contributed by atoms with E-state index in [-0.39, 0.29) is 0 Å². The minimum atomic E-state index is 0.406. The van der Waals surface area contributed by atoms with Crippen LogP contribution in [0.3, 0.4) is 0 Å². The molecule has 0 aliphatic carbocycles. The predicted octanol–water partition coefficient (Wildman–Crippen LogP) is 5.08. The maximum Gasteiger partial charge on any atom is 0.179 e. The molecule has 0 bridgehead atoms. The van der Waals surface area contributed by atoms with E-state index in [1.807, 2.05) is 38.1 Å². The van der Waals surface area contributed by atoms with Crippen molar-refractivity contribution in [2.45, 2.75) is 13.8 Å². The first-order valence-electron chi connectivity index (χ1n) is 8.32. The summed E-state index contributed by atoms with van der Waals surface area (Å²) >= 11 is 6.35. The van der Waals surface area contributed by atoms with Gasteiger partial charge in [0.2, 0.25) is 0 Å². The number of nitrogens with zero attached hydrogens (tertiary/aromatic N) is 2. The highest BCUT2D eigenvalue weighted by molar-refractivity contribution is 6.32. The summed E-state index contributed by atoms with van der Waals surface area (Å²) < 4.78 is 11.2. The third-order valence-electron chi connectivity index (χ3n) is 3.70. The molecule has 0 radical (unpaired) electrons. The molecule has 0 unspecified atom stereocenters. The van der Waals surface area contributed by atoms with Gasteiger partial charge < -0.3 is 14.5 Å². The number of aromatic amines is 1. The molecule has 0 fully saturated rings. The number of aromatic nitrogens is 2. The second-order valence-electron chi connectivity index (χ2n) is 5.47. The molecule has 0 saturated heterocycles. The van der Waals surface area contributed by atoms with Crippen LogP contribution in [0.1, 0.15) is 25.2 Å². The average molecular weight is 368 g/mol. The lowest BCUT2D eigenvalue weighted by Gasteiger charge is -2.13. The summed E-state index contributed by atoms with van der Waals surface area (Å²) in [5.41, 5.74) is 2.83. The maximum absolute atomic E-state index is 9.58. The predicted molar refractivity (Wildman–Crippen MR) is 103 cm³/mol. The quantitative estimate of drug-likeness (QED) is 0.617. The molecule has 1 N–H and O–H groups in total. The highest BCUT2D eigenvalue weighted by atomic mass is 35.5. The van der Waals surface area contributed by atoms with Crippen LogP contribution < -0.4 is 9.47 Å². The van der Waals surface area contributed by atoms with Crippen molar-refractivity contribution in [3.63, 3.8) is 0 Å². The van der Waals surface area contributed by atoms with Crippen LogP contribution in [-0.2, 0) is 0 Å². The molecule has 3 rings (SSSR count).